The first-order valence-corrected chi connectivity index (χ1v) is 4.46. The minimum atomic E-state index is -0.868. The molecular weight excluding hydrogens is 184 g/mol. The number of nitriles is 1. The first-order valence-electron chi connectivity index (χ1n) is 4.46. The second kappa shape index (κ2) is 2.78. The zero-order valence-electron chi connectivity index (χ0n) is 7.77. The fraction of sp³-hybridized carbons (Fsp3) is 0.364. The zero-order chi connectivity index (χ0) is 10.3. The summed E-state index contributed by atoms with van der Waals surface area (Å²) >= 11 is 0. The molecule has 0 spiro atoms. The van der Waals surface area contributed by atoms with Crippen LogP contribution in [0, 0.1) is 29.9 Å². The molecule has 0 N–H and O–H groups in total. The maximum absolute atomic E-state index is 13.0. The van der Waals surface area contributed by atoms with Crippen LogP contribution in [0.2, 0.25) is 0 Å². The zero-order valence-corrected chi connectivity index (χ0v) is 7.77. The molecule has 0 heterocycles. The highest BCUT2D eigenvalue weighted by atomic mass is 19.2. The molecule has 0 saturated heterocycles. The minimum absolute atomic E-state index is 0.543. The Morgan fingerprint density at radius 2 is 1.86 bits per heavy atom. The molecule has 0 atom stereocenters. The van der Waals surface area contributed by atoms with E-state index in [1.54, 1.807) is 6.92 Å². The number of benzene rings is 1. The Balaban J connectivity index is 2.55. The van der Waals surface area contributed by atoms with Gasteiger partial charge in [-0.3, -0.25) is 0 Å². The summed E-state index contributed by atoms with van der Waals surface area (Å²) in [5.41, 5.74) is 0.750. The van der Waals surface area contributed by atoms with Gasteiger partial charge in [-0.15, -0.1) is 0 Å². The van der Waals surface area contributed by atoms with Crippen molar-refractivity contribution in [2.24, 2.45) is 0 Å². The van der Waals surface area contributed by atoms with Gasteiger partial charge in [-0.05, 0) is 43.0 Å². The van der Waals surface area contributed by atoms with Crippen LogP contribution < -0.4 is 0 Å². The van der Waals surface area contributed by atoms with Crippen LogP contribution in [-0.2, 0) is 5.41 Å². The maximum Gasteiger partial charge on any atom is 0.159 e. The van der Waals surface area contributed by atoms with E-state index < -0.39 is 17.0 Å². The van der Waals surface area contributed by atoms with Gasteiger partial charge in [0.1, 0.15) is 0 Å². The molecule has 0 aliphatic heterocycles. The van der Waals surface area contributed by atoms with E-state index in [0.29, 0.717) is 11.1 Å². The summed E-state index contributed by atoms with van der Waals surface area (Å²) in [5.74, 6) is -1.72. The Morgan fingerprint density at radius 3 is 2.36 bits per heavy atom. The molecule has 1 aliphatic carbocycles. The van der Waals surface area contributed by atoms with Crippen molar-refractivity contribution in [2.45, 2.75) is 25.2 Å². The lowest BCUT2D eigenvalue weighted by Gasteiger charge is -2.10. The SMILES string of the molecule is Cc1cc(F)c(F)cc1C1(C#N)CC1. The van der Waals surface area contributed by atoms with Crippen molar-refractivity contribution in [2.75, 3.05) is 0 Å². The Bertz CT molecular complexity index is 428. The Hall–Kier alpha value is -1.43. The molecule has 1 fully saturated rings. The molecule has 2 rings (SSSR count). The third-order valence-corrected chi connectivity index (χ3v) is 2.75. The van der Waals surface area contributed by atoms with Gasteiger partial charge >= 0.3 is 0 Å². The molecule has 1 aromatic carbocycles. The maximum atomic E-state index is 13.0. The lowest BCUT2D eigenvalue weighted by molar-refractivity contribution is 0.505. The van der Waals surface area contributed by atoms with Crippen LogP contribution in [-0.4, -0.2) is 0 Å². The van der Waals surface area contributed by atoms with Gasteiger partial charge in [-0.25, -0.2) is 8.78 Å². The highest BCUT2D eigenvalue weighted by Gasteiger charge is 2.46. The molecule has 1 nitrogen and oxygen atoms in total. The topological polar surface area (TPSA) is 23.8 Å². The van der Waals surface area contributed by atoms with E-state index in [1.165, 1.54) is 0 Å². The van der Waals surface area contributed by atoms with Crippen molar-refractivity contribution < 1.29 is 8.78 Å². The number of rotatable bonds is 1. The lowest BCUT2D eigenvalue weighted by atomic mass is 9.93. The number of aryl methyl sites for hydroxylation is 1. The van der Waals surface area contributed by atoms with E-state index in [-0.39, 0.29) is 0 Å². The fourth-order valence-corrected chi connectivity index (χ4v) is 1.73. The largest absolute Gasteiger partial charge is 0.204 e. The second-order valence-electron chi connectivity index (χ2n) is 3.78. The van der Waals surface area contributed by atoms with E-state index in [4.69, 9.17) is 5.26 Å². The first kappa shape index (κ1) is 9.14. The van der Waals surface area contributed by atoms with Gasteiger partial charge in [0.15, 0.2) is 11.6 Å². The molecule has 72 valence electrons. The van der Waals surface area contributed by atoms with E-state index in [2.05, 4.69) is 6.07 Å². The van der Waals surface area contributed by atoms with Crippen molar-refractivity contribution in [3.8, 4) is 6.07 Å². The third kappa shape index (κ3) is 1.19. The van der Waals surface area contributed by atoms with E-state index in [9.17, 15) is 8.78 Å². The molecule has 1 aromatic rings. The predicted octanol–water partition coefficient (Wildman–Crippen LogP) is 2.83. The van der Waals surface area contributed by atoms with Gasteiger partial charge in [0.25, 0.3) is 0 Å². The van der Waals surface area contributed by atoms with Gasteiger partial charge in [0.05, 0.1) is 11.5 Å². The van der Waals surface area contributed by atoms with Gasteiger partial charge in [0, 0.05) is 0 Å². The molecule has 1 aliphatic rings. The van der Waals surface area contributed by atoms with Gasteiger partial charge in [-0.2, -0.15) is 5.26 Å². The van der Waals surface area contributed by atoms with E-state index in [1.807, 2.05) is 0 Å². The normalized spacial score (nSPS) is 17.6. The van der Waals surface area contributed by atoms with Crippen LogP contribution in [0.25, 0.3) is 0 Å². The van der Waals surface area contributed by atoms with Gasteiger partial charge in [0.2, 0.25) is 0 Å². The highest BCUT2D eigenvalue weighted by Crippen LogP contribution is 2.48. The Morgan fingerprint density at radius 1 is 1.29 bits per heavy atom. The molecule has 3 heteroatoms. The summed E-state index contributed by atoms with van der Waals surface area (Å²) in [6.45, 7) is 1.70. The summed E-state index contributed by atoms with van der Waals surface area (Å²) in [4.78, 5) is 0. The molecule has 14 heavy (non-hydrogen) atoms. The van der Waals surface area contributed by atoms with E-state index >= 15 is 0 Å². The highest BCUT2D eigenvalue weighted by molar-refractivity contribution is 5.44. The second-order valence-corrected chi connectivity index (χ2v) is 3.78. The van der Waals surface area contributed by atoms with Crippen molar-refractivity contribution in [3.05, 3.63) is 34.9 Å². The fourth-order valence-electron chi connectivity index (χ4n) is 1.73. The van der Waals surface area contributed by atoms with Crippen molar-refractivity contribution in [3.63, 3.8) is 0 Å². The molecule has 0 unspecified atom stereocenters. The average Bonchev–Trinajstić information content (AvgIpc) is 2.92. The molecule has 0 aromatic heterocycles. The quantitative estimate of drug-likeness (QED) is 0.672. The summed E-state index contributed by atoms with van der Waals surface area (Å²) in [5, 5.41) is 8.93. The summed E-state index contributed by atoms with van der Waals surface area (Å²) < 4.78 is 25.8. The standard InChI is InChI=1S/C11H9F2N/c1-7-4-9(12)10(13)5-8(7)11(6-14)2-3-11/h4-5H,2-3H2,1H3. The molecular formula is C11H9F2N. The molecule has 0 bridgehead atoms. The predicted molar refractivity (Wildman–Crippen MR) is 47.6 cm³/mol. The van der Waals surface area contributed by atoms with Crippen molar-refractivity contribution >= 4 is 0 Å². The smallest absolute Gasteiger partial charge is 0.159 e. The lowest BCUT2D eigenvalue weighted by Crippen LogP contribution is -2.06. The van der Waals surface area contributed by atoms with Crippen LogP contribution in [0.4, 0.5) is 8.78 Å². The number of hydrogen-bond acceptors (Lipinski definition) is 1. The van der Waals surface area contributed by atoms with Crippen LogP contribution in [0.3, 0.4) is 0 Å². The summed E-state index contributed by atoms with van der Waals surface area (Å²) in [6.07, 6.45) is 1.49. The summed E-state index contributed by atoms with van der Waals surface area (Å²) in [6, 6.07) is 4.48. The minimum Gasteiger partial charge on any atom is -0.204 e. The third-order valence-electron chi connectivity index (χ3n) is 2.75. The van der Waals surface area contributed by atoms with Crippen LogP contribution >= 0.6 is 0 Å². The van der Waals surface area contributed by atoms with Crippen LogP contribution in [0.1, 0.15) is 24.0 Å². The van der Waals surface area contributed by atoms with Crippen LogP contribution in [0.5, 0.6) is 0 Å². The molecule has 0 radical (unpaired) electrons. The number of hydrogen-bond donors (Lipinski definition) is 0. The van der Waals surface area contributed by atoms with Gasteiger partial charge in [-0.1, -0.05) is 0 Å². The van der Waals surface area contributed by atoms with Crippen LogP contribution in [0.15, 0.2) is 12.1 Å². The molecule has 0 amide bonds. The van der Waals surface area contributed by atoms with Crippen molar-refractivity contribution in [1.29, 1.82) is 5.26 Å². The van der Waals surface area contributed by atoms with E-state index in [0.717, 1.165) is 25.0 Å². The molecule has 1 saturated carbocycles. The Kier molecular flexibility index (Phi) is 1.81. The summed E-state index contributed by atoms with van der Waals surface area (Å²) in [7, 11) is 0. The first-order chi connectivity index (χ1) is 6.59. The average molecular weight is 193 g/mol. The van der Waals surface area contributed by atoms with Gasteiger partial charge < -0.3 is 0 Å². The Labute approximate surface area is 81.0 Å². The van der Waals surface area contributed by atoms with Crippen molar-refractivity contribution in [1.82, 2.24) is 0 Å². The number of halogens is 2. The monoisotopic (exact) mass is 193 g/mol. The number of nitrogens with zero attached hydrogens (tertiary/aromatic N) is 1.